The van der Waals surface area contributed by atoms with Crippen LogP contribution in [0.3, 0.4) is 0 Å². The minimum Gasteiger partial charge on any atom is -0.376 e. The molecule has 9 rings (SSSR count). The van der Waals surface area contributed by atoms with E-state index in [9.17, 15) is 23.3 Å². The van der Waals surface area contributed by atoms with Gasteiger partial charge >= 0.3 is 0 Å². The Labute approximate surface area is 423 Å². The van der Waals surface area contributed by atoms with E-state index in [1.807, 2.05) is 54.6 Å². The number of hydrogen-bond donors (Lipinski definition) is 3. The molecule has 0 spiro atoms. The number of nitrogens with one attached hydrogen (secondary N) is 3. The SMILES string of the molecule is C[C@@]1(CN2CCNCC2)CCC(c2ccc(Cl)cc2)=C(CN2CCN(c3ccc(C(=O)NS(=O)(=O)c4ccc(N[C@H](CCN5CC6CCC5C6)CSc5ccccc5)c([N+](=O)[O-])c4)cc3)CC2)C1.Cl. The molecule has 3 aliphatic heterocycles. The Morgan fingerprint density at radius 3 is 2.36 bits per heavy atom. The van der Waals surface area contributed by atoms with Crippen LogP contribution in [0.2, 0.25) is 5.02 Å². The number of piperidine rings is 1. The molecular weight excluding hydrogens is 952 g/mol. The van der Waals surface area contributed by atoms with Crippen molar-refractivity contribution in [2.24, 2.45) is 11.3 Å². The third-order valence-corrected chi connectivity index (χ3v) is 17.6. The molecule has 13 nitrogen and oxygen atoms in total. The molecule has 4 aromatic carbocycles. The number of carbonyl (C=O) groups excluding carboxylic acids is 1. The third kappa shape index (κ3) is 13.0. The summed E-state index contributed by atoms with van der Waals surface area (Å²) in [5.41, 5.74) is 5.48. The minimum absolute atomic E-state index is 0. The topological polar surface area (TPSA) is 143 Å². The molecule has 4 fully saturated rings. The molecule has 2 aliphatic carbocycles. The van der Waals surface area contributed by atoms with Crippen LogP contribution in [0.4, 0.5) is 17.1 Å². The first-order valence-corrected chi connectivity index (χ1v) is 27.2. The first kappa shape index (κ1) is 51.2. The van der Waals surface area contributed by atoms with Gasteiger partial charge in [0.05, 0.1) is 9.82 Å². The number of nitro groups is 1. The Bertz CT molecular complexity index is 2540. The molecule has 69 heavy (non-hydrogen) atoms. The van der Waals surface area contributed by atoms with Crippen molar-refractivity contribution in [1.82, 2.24) is 24.7 Å². The lowest BCUT2D eigenvalue weighted by atomic mass is 9.71. The Balaban J connectivity index is 0.00000642. The summed E-state index contributed by atoms with van der Waals surface area (Å²) in [4.78, 5) is 36.1. The zero-order valence-corrected chi connectivity index (χ0v) is 42.7. The molecule has 3 saturated heterocycles. The molecule has 1 saturated carbocycles. The summed E-state index contributed by atoms with van der Waals surface area (Å²) in [5.74, 6) is 0.640. The number of nitro benzene ring substituents is 1. The maximum atomic E-state index is 13.6. The number of allylic oxidation sites excluding steroid dienone is 1. The number of carbonyl (C=O) groups is 1. The summed E-state index contributed by atoms with van der Waals surface area (Å²) < 4.78 is 29.4. The lowest BCUT2D eigenvalue weighted by molar-refractivity contribution is -0.384. The van der Waals surface area contributed by atoms with E-state index < -0.39 is 20.9 Å². The Kier molecular flexibility index (Phi) is 17.0. The molecule has 2 unspecified atom stereocenters. The lowest BCUT2D eigenvalue weighted by Crippen LogP contribution is -2.49. The van der Waals surface area contributed by atoms with Crippen molar-refractivity contribution in [2.75, 3.05) is 94.5 Å². The first-order chi connectivity index (χ1) is 32.9. The number of likely N-dealkylation sites (tertiary alicyclic amines) is 1. The van der Waals surface area contributed by atoms with Gasteiger partial charge in [0.15, 0.2) is 0 Å². The van der Waals surface area contributed by atoms with Crippen LogP contribution in [0.15, 0.2) is 112 Å². The fourth-order valence-electron chi connectivity index (χ4n) is 11.2. The highest BCUT2D eigenvalue weighted by atomic mass is 35.5. The number of fused-ring (bicyclic) bond motifs is 2. The van der Waals surface area contributed by atoms with Gasteiger partial charge in [0.25, 0.3) is 21.6 Å². The standard InChI is InChI=1S/C52H65ClN8O5S2.ClH/c1-52(37-58-25-22-54-23-26-58)21-19-48(39-8-12-42(53)13-9-39)41(33-52)35-57-27-29-59(30-28-57)44-15-10-40(11-16-44)51(62)56-68(65,66)47-17-18-49(50(32-47)61(63)64)55-43(36-67-46-5-3-2-4-6-46)20-24-60-34-38-7-14-45(60)31-38;/h2-6,8-13,15-18,32,38,43,45,54-55H,7,14,19-31,33-37H2,1H3,(H,56,62);1H/t38?,43-,45?,52-;/m1./s1. The molecule has 370 valence electrons. The number of rotatable bonds is 18. The van der Waals surface area contributed by atoms with Crippen LogP contribution in [0.25, 0.3) is 5.57 Å². The Hall–Kier alpha value is -4.19. The van der Waals surface area contributed by atoms with Crippen molar-refractivity contribution < 1.29 is 18.1 Å². The van der Waals surface area contributed by atoms with Crippen molar-refractivity contribution in [3.8, 4) is 0 Å². The van der Waals surface area contributed by atoms with E-state index in [4.69, 9.17) is 11.6 Å². The van der Waals surface area contributed by atoms with E-state index >= 15 is 0 Å². The predicted octanol–water partition coefficient (Wildman–Crippen LogP) is 8.91. The van der Waals surface area contributed by atoms with Gasteiger partial charge in [-0.2, -0.15) is 0 Å². The highest BCUT2D eigenvalue weighted by molar-refractivity contribution is 7.99. The van der Waals surface area contributed by atoms with Crippen LogP contribution >= 0.6 is 35.8 Å². The molecule has 2 bridgehead atoms. The van der Waals surface area contributed by atoms with Gasteiger partial charge in [-0.25, -0.2) is 13.1 Å². The van der Waals surface area contributed by atoms with Crippen LogP contribution in [0, 0.1) is 21.4 Å². The number of benzene rings is 4. The van der Waals surface area contributed by atoms with Gasteiger partial charge in [-0.15, -0.1) is 24.2 Å². The molecule has 0 aromatic heterocycles. The number of piperazine rings is 2. The molecular formula is C52H66Cl2N8O5S2. The number of thioether (sulfide) groups is 1. The molecule has 1 amide bonds. The van der Waals surface area contributed by atoms with Gasteiger partial charge in [-0.1, -0.05) is 54.4 Å². The van der Waals surface area contributed by atoms with Gasteiger partial charge in [0.1, 0.15) is 5.69 Å². The van der Waals surface area contributed by atoms with Crippen molar-refractivity contribution in [1.29, 1.82) is 0 Å². The molecule has 17 heteroatoms. The maximum absolute atomic E-state index is 13.6. The lowest BCUT2D eigenvalue weighted by Gasteiger charge is -2.43. The zero-order chi connectivity index (χ0) is 47.3. The second-order valence-corrected chi connectivity index (χ2v) is 23.1. The zero-order valence-electron chi connectivity index (χ0n) is 39.5. The van der Waals surface area contributed by atoms with Crippen LogP contribution in [-0.4, -0.2) is 130 Å². The quantitative estimate of drug-likeness (QED) is 0.0498. The average Bonchev–Trinajstić information content (AvgIpc) is 3.98. The van der Waals surface area contributed by atoms with Gasteiger partial charge < -0.3 is 25.3 Å². The van der Waals surface area contributed by atoms with Crippen LogP contribution in [-0.2, 0) is 10.0 Å². The van der Waals surface area contributed by atoms with E-state index in [-0.39, 0.29) is 45.7 Å². The Morgan fingerprint density at radius 1 is 0.942 bits per heavy atom. The number of nitrogens with zero attached hydrogens (tertiary/aromatic N) is 5. The summed E-state index contributed by atoms with van der Waals surface area (Å²) in [5, 5.41) is 20.1. The number of sulfonamides is 1. The monoisotopic (exact) mass is 1020 g/mol. The molecule has 4 aromatic rings. The molecule has 4 atom stereocenters. The normalized spacial score (nSPS) is 22.8. The smallest absolute Gasteiger partial charge is 0.293 e. The van der Waals surface area contributed by atoms with E-state index in [0.29, 0.717) is 11.8 Å². The fourth-order valence-corrected chi connectivity index (χ4v) is 13.3. The van der Waals surface area contributed by atoms with E-state index in [1.54, 1.807) is 23.9 Å². The van der Waals surface area contributed by atoms with E-state index in [0.717, 1.165) is 132 Å². The van der Waals surface area contributed by atoms with E-state index in [1.165, 1.54) is 48.1 Å². The van der Waals surface area contributed by atoms with Crippen molar-refractivity contribution in [3.63, 3.8) is 0 Å². The predicted molar refractivity (Wildman–Crippen MR) is 282 cm³/mol. The average molecular weight is 1020 g/mol. The summed E-state index contributed by atoms with van der Waals surface area (Å²) in [6.45, 7) is 14.2. The summed E-state index contributed by atoms with van der Waals surface area (Å²) >= 11 is 7.99. The summed E-state index contributed by atoms with van der Waals surface area (Å²) in [6.07, 6.45) is 7.85. The van der Waals surface area contributed by atoms with Gasteiger partial charge in [0, 0.05) is 124 Å². The second kappa shape index (κ2) is 22.9. The third-order valence-electron chi connectivity index (χ3n) is 14.9. The van der Waals surface area contributed by atoms with Gasteiger partial charge in [-0.05, 0) is 128 Å². The van der Waals surface area contributed by atoms with Crippen LogP contribution < -0.4 is 20.3 Å². The van der Waals surface area contributed by atoms with Crippen LogP contribution in [0.5, 0.6) is 0 Å². The summed E-state index contributed by atoms with van der Waals surface area (Å²) in [6, 6.07) is 29.7. The largest absolute Gasteiger partial charge is 0.376 e. The number of hydrogen-bond acceptors (Lipinski definition) is 12. The van der Waals surface area contributed by atoms with Crippen molar-refractivity contribution in [2.45, 2.75) is 73.7 Å². The molecule has 0 radical (unpaired) electrons. The van der Waals surface area contributed by atoms with Crippen LogP contribution in [0.1, 0.15) is 67.8 Å². The summed E-state index contributed by atoms with van der Waals surface area (Å²) in [7, 11) is -4.44. The Morgan fingerprint density at radius 2 is 1.68 bits per heavy atom. The first-order valence-electron chi connectivity index (χ1n) is 24.4. The molecule has 3 heterocycles. The highest BCUT2D eigenvalue weighted by Crippen LogP contribution is 2.44. The second-order valence-electron chi connectivity index (χ2n) is 19.9. The fraction of sp³-hybridized carbons (Fsp3) is 0.481. The minimum atomic E-state index is -4.44. The highest BCUT2D eigenvalue weighted by Gasteiger charge is 2.38. The van der Waals surface area contributed by atoms with Crippen molar-refractivity contribution >= 4 is 74.3 Å². The van der Waals surface area contributed by atoms with Gasteiger partial charge in [-0.3, -0.25) is 19.8 Å². The number of halogens is 2. The molecule has 3 N–H and O–H groups in total. The maximum Gasteiger partial charge on any atom is 0.293 e. The number of anilines is 2. The van der Waals surface area contributed by atoms with Crippen molar-refractivity contribution in [3.05, 3.63) is 129 Å². The van der Waals surface area contributed by atoms with Gasteiger partial charge in [0.2, 0.25) is 0 Å². The molecule has 5 aliphatic rings. The number of amides is 1. The van der Waals surface area contributed by atoms with E-state index in [2.05, 4.69) is 54.0 Å².